The van der Waals surface area contributed by atoms with Crippen LogP contribution in [0.25, 0.3) is 0 Å². The molecule has 198 valence electrons. The van der Waals surface area contributed by atoms with Crippen LogP contribution in [0.3, 0.4) is 0 Å². The summed E-state index contributed by atoms with van der Waals surface area (Å²) < 4.78 is 5.49. The van der Waals surface area contributed by atoms with E-state index < -0.39 is 24.5 Å². The molecule has 4 N–H and O–H groups in total. The van der Waals surface area contributed by atoms with Gasteiger partial charge in [-0.1, -0.05) is 91.4 Å². The van der Waals surface area contributed by atoms with Gasteiger partial charge in [0.15, 0.2) is 0 Å². The summed E-state index contributed by atoms with van der Waals surface area (Å²) >= 11 is 0. The van der Waals surface area contributed by atoms with E-state index in [1.165, 1.54) is 69.1 Å². The fourth-order valence-corrected chi connectivity index (χ4v) is 4.29. The minimum absolute atomic E-state index is 0. The number of nitrogens with one attached hydrogen (secondary N) is 2. The Morgan fingerprint density at radius 2 is 1.62 bits per heavy atom. The third-order valence-electron chi connectivity index (χ3n) is 6.36. The molecule has 0 aromatic carbocycles. The number of carbonyl (C=O) groups is 2. The number of carbonyl (C=O) groups excluding carboxylic acids is 2. The second-order valence-corrected chi connectivity index (χ2v) is 9.20. The maximum Gasteiger partial charge on any atom is 0.327 e. The summed E-state index contributed by atoms with van der Waals surface area (Å²) in [5, 5.41) is 24.2. The molecule has 3 unspecified atom stereocenters. The van der Waals surface area contributed by atoms with Crippen molar-refractivity contribution in [2.24, 2.45) is 4.99 Å². The Bertz CT molecular complexity index is 616. The zero-order valence-electron chi connectivity index (χ0n) is 20.3. The van der Waals surface area contributed by atoms with Gasteiger partial charge in [-0.15, -0.1) is 0 Å². The maximum atomic E-state index is 12.3. The Kier molecular flexibility index (Phi) is 15.8. The summed E-state index contributed by atoms with van der Waals surface area (Å²) in [6, 6.07) is -0.447. The fourth-order valence-electron chi connectivity index (χ4n) is 4.29. The monoisotopic (exact) mass is 484 g/mol. The highest BCUT2D eigenvalue weighted by atomic mass is 16.5. The maximum absolute atomic E-state index is 12.3. The predicted molar refractivity (Wildman–Crippen MR) is 134 cm³/mol. The molecule has 2 aliphatic heterocycles. The van der Waals surface area contributed by atoms with Crippen molar-refractivity contribution in [2.75, 3.05) is 13.3 Å². The lowest BCUT2D eigenvalue weighted by atomic mass is 10.0. The van der Waals surface area contributed by atoms with Gasteiger partial charge in [0, 0.05) is 12.8 Å². The van der Waals surface area contributed by atoms with Gasteiger partial charge in [0.25, 0.3) is 0 Å². The summed E-state index contributed by atoms with van der Waals surface area (Å²) in [5.74, 6) is -0.00773. The Morgan fingerprint density at radius 1 is 1.06 bits per heavy atom. The van der Waals surface area contributed by atoms with Crippen LogP contribution in [0.2, 0.25) is 0 Å². The number of nitrogens with zero attached hydrogens (tertiary/aromatic N) is 2. The first-order valence-corrected chi connectivity index (χ1v) is 12.9. The molecule has 9 nitrogen and oxygen atoms in total. The molecule has 0 bridgehead atoms. The van der Waals surface area contributed by atoms with Crippen molar-refractivity contribution in [1.82, 2.24) is 15.5 Å². The van der Waals surface area contributed by atoms with E-state index in [1.807, 2.05) is 0 Å². The van der Waals surface area contributed by atoms with Crippen molar-refractivity contribution in [3.8, 4) is 0 Å². The first kappa shape index (κ1) is 30.3. The van der Waals surface area contributed by atoms with Crippen LogP contribution < -0.4 is 10.6 Å². The second kappa shape index (κ2) is 17.7. The van der Waals surface area contributed by atoms with E-state index in [9.17, 15) is 19.8 Å². The third kappa shape index (κ3) is 11.1. The zero-order valence-corrected chi connectivity index (χ0v) is 20.3. The van der Waals surface area contributed by atoms with E-state index in [-0.39, 0.29) is 39.0 Å². The number of aliphatic hydroxyl groups excluding tert-OH is 2. The van der Waals surface area contributed by atoms with Gasteiger partial charge in [-0.3, -0.25) is 20.3 Å². The number of rotatable bonds is 16. The van der Waals surface area contributed by atoms with Gasteiger partial charge in [-0.05, 0) is 6.42 Å². The zero-order chi connectivity index (χ0) is 23.9. The molecule has 1 fully saturated rings. The van der Waals surface area contributed by atoms with E-state index in [2.05, 4.69) is 22.5 Å². The standard InChI is InChI=1S/C24H44N4O5.CH4/c1-2-3-4-5-6-7-8-9-10-11-12-13-14-15-21(31)26-23-25-18-28(24(32)27-23)22-16-19(30)20(17-29)33-22;/h19-20,22,29-30H,2-18H2,1H3,(H2,25,26,27,31,32);1H4. The summed E-state index contributed by atoms with van der Waals surface area (Å²) in [5.41, 5.74) is 0. The van der Waals surface area contributed by atoms with Gasteiger partial charge in [0.2, 0.25) is 11.9 Å². The first-order chi connectivity index (χ1) is 16.0. The lowest BCUT2D eigenvalue weighted by Gasteiger charge is -2.30. The highest BCUT2D eigenvalue weighted by molar-refractivity contribution is 6.05. The molecule has 0 radical (unpaired) electrons. The van der Waals surface area contributed by atoms with E-state index in [0.29, 0.717) is 6.42 Å². The highest BCUT2D eigenvalue weighted by Crippen LogP contribution is 2.24. The van der Waals surface area contributed by atoms with Gasteiger partial charge in [0.1, 0.15) is 19.0 Å². The average molecular weight is 485 g/mol. The van der Waals surface area contributed by atoms with Crippen LogP contribution in [0.5, 0.6) is 0 Å². The molecule has 1 saturated heterocycles. The van der Waals surface area contributed by atoms with Crippen molar-refractivity contribution in [2.45, 2.75) is 129 Å². The van der Waals surface area contributed by atoms with Crippen LogP contribution in [-0.4, -0.2) is 64.7 Å². The predicted octanol–water partition coefficient (Wildman–Crippen LogP) is 4.03. The number of hydrogen-bond acceptors (Lipinski definition) is 6. The smallest absolute Gasteiger partial charge is 0.327 e. The fraction of sp³-hybridized carbons (Fsp3) is 0.880. The van der Waals surface area contributed by atoms with Gasteiger partial charge in [0.05, 0.1) is 12.7 Å². The van der Waals surface area contributed by atoms with Crippen molar-refractivity contribution < 1.29 is 24.5 Å². The van der Waals surface area contributed by atoms with Crippen molar-refractivity contribution in [3.63, 3.8) is 0 Å². The molecule has 0 spiro atoms. The Balaban J connectivity index is 0.00000578. The number of aliphatic hydroxyl groups is 2. The molecular formula is C25H48N4O5. The van der Waals surface area contributed by atoms with Crippen molar-refractivity contribution in [1.29, 1.82) is 0 Å². The van der Waals surface area contributed by atoms with Crippen molar-refractivity contribution >= 4 is 17.9 Å². The molecule has 2 aliphatic rings. The number of hydrogen-bond donors (Lipinski definition) is 4. The first-order valence-electron chi connectivity index (χ1n) is 12.9. The van der Waals surface area contributed by atoms with Gasteiger partial charge < -0.3 is 14.9 Å². The minimum atomic E-state index is -0.821. The molecule has 0 saturated carbocycles. The van der Waals surface area contributed by atoms with E-state index in [1.54, 1.807) is 0 Å². The van der Waals surface area contributed by atoms with E-state index in [0.717, 1.165) is 19.3 Å². The van der Waals surface area contributed by atoms with Crippen LogP contribution in [-0.2, 0) is 9.53 Å². The molecular weight excluding hydrogens is 436 g/mol. The van der Waals surface area contributed by atoms with Crippen LogP contribution in [0.15, 0.2) is 4.99 Å². The normalized spacial score (nSPS) is 22.2. The number of guanidine groups is 1. The van der Waals surface area contributed by atoms with Crippen LogP contribution in [0, 0.1) is 0 Å². The van der Waals surface area contributed by atoms with Gasteiger partial charge >= 0.3 is 6.03 Å². The molecule has 0 aromatic rings. The van der Waals surface area contributed by atoms with Gasteiger partial charge in [-0.2, -0.15) is 0 Å². The van der Waals surface area contributed by atoms with Crippen LogP contribution in [0.4, 0.5) is 4.79 Å². The number of aliphatic imine (C=N–C) groups is 1. The number of unbranched alkanes of at least 4 members (excludes halogenated alkanes) is 12. The van der Waals surface area contributed by atoms with Gasteiger partial charge in [-0.25, -0.2) is 9.79 Å². The molecule has 2 heterocycles. The lowest BCUT2D eigenvalue weighted by Crippen LogP contribution is -2.56. The van der Waals surface area contributed by atoms with Crippen LogP contribution >= 0.6 is 0 Å². The summed E-state index contributed by atoms with van der Waals surface area (Å²) in [6.07, 6.45) is 14.8. The van der Waals surface area contributed by atoms with Crippen molar-refractivity contribution in [3.05, 3.63) is 0 Å². The Hall–Kier alpha value is -1.71. The summed E-state index contributed by atoms with van der Waals surface area (Å²) in [6.45, 7) is 1.97. The highest BCUT2D eigenvalue weighted by Gasteiger charge is 2.39. The number of ether oxygens (including phenoxy) is 1. The molecule has 3 atom stereocenters. The Labute approximate surface area is 205 Å². The van der Waals surface area contributed by atoms with E-state index in [4.69, 9.17) is 4.74 Å². The molecule has 0 aromatic heterocycles. The number of amides is 3. The second-order valence-electron chi connectivity index (χ2n) is 9.20. The largest absolute Gasteiger partial charge is 0.394 e. The topological polar surface area (TPSA) is 123 Å². The minimum Gasteiger partial charge on any atom is -0.394 e. The SMILES string of the molecule is C.CCCCCCCCCCCCCCCC(=O)NC1=NCN(C2CC(O)C(CO)O2)C(=O)N1. The molecule has 3 amide bonds. The Morgan fingerprint density at radius 3 is 2.12 bits per heavy atom. The third-order valence-corrected chi connectivity index (χ3v) is 6.36. The molecule has 9 heteroatoms. The van der Waals surface area contributed by atoms with E-state index >= 15 is 0 Å². The average Bonchev–Trinajstić information content (AvgIpc) is 3.17. The quantitative estimate of drug-likeness (QED) is 0.246. The molecule has 34 heavy (non-hydrogen) atoms. The summed E-state index contributed by atoms with van der Waals surface area (Å²) in [7, 11) is 0. The number of urea groups is 1. The van der Waals surface area contributed by atoms with Crippen LogP contribution in [0.1, 0.15) is 111 Å². The lowest BCUT2D eigenvalue weighted by molar-refractivity contribution is -0.119. The summed E-state index contributed by atoms with van der Waals surface area (Å²) in [4.78, 5) is 30.0. The molecule has 0 aliphatic carbocycles. The molecule has 2 rings (SSSR count).